The second kappa shape index (κ2) is 9.06. The van der Waals surface area contributed by atoms with E-state index < -0.39 is 0 Å². The van der Waals surface area contributed by atoms with E-state index in [-0.39, 0.29) is 5.91 Å². The van der Waals surface area contributed by atoms with Crippen LogP contribution in [0, 0.1) is 0 Å². The van der Waals surface area contributed by atoms with E-state index in [9.17, 15) is 4.79 Å². The van der Waals surface area contributed by atoms with Crippen molar-refractivity contribution < 1.29 is 13.9 Å². The van der Waals surface area contributed by atoms with Gasteiger partial charge < -0.3 is 14.1 Å². The molecule has 5 heteroatoms. The van der Waals surface area contributed by atoms with Crippen molar-refractivity contribution >= 4 is 23.3 Å². The van der Waals surface area contributed by atoms with Gasteiger partial charge in [0.2, 0.25) is 5.91 Å². The fourth-order valence-electron chi connectivity index (χ4n) is 2.51. The van der Waals surface area contributed by atoms with Crippen LogP contribution < -0.4 is 4.74 Å². The van der Waals surface area contributed by atoms with E-state index in [4.69, 9.17) is 9.15 Å². The predicted octanol–water partition coefficient (Wildman–Crippen LogP) is 4.98. The van der Waals surface area contributed by atoms with Gasteiger partial charge in [-0.15, -0.1) is 11.3 Å². The molecule has 0 bridgehead atoms. The molecule has 1 aromatic carbocycles. The minimum atomic E-state index is -0.0521. The summed E-state index contributed by atoms with van der Waals surface area (Å²) in [5.74, 6) is 1.54. The van der Waals surface area contributed by atoms with Crippen LogP contribution in [0.4, 0.5) is 0 Å². The minimum Gasteiger partial charge on any atom is -0.494 e. The Bertz CT molecular complexity index is 785. The number of thiophene rings is 1. The Balaban J connectivity index is 1.69. The first-order valence-electron chi connectivity index (χ1n) is 8.49. The quantitative estimate of drug-likeness (QED) is 0.527. The summed E-state index contributed by atoms with van der Waals surface area (Å²) < 4.78 is 10.8. The van der Waals surface area contributed by atoms with Gasteiger partial charge in [0.1, 0.15) is 11.5 Å². The van der Waals surface area contributed by atoms with Crippen LogP contribution in [-0.2, 0) is 17.9 Å². The minimum absolute atomic E-state index is 0.0521. The maximum absolute atomic E-state index is 12.7. The zero-order chi connectivity index (χ0) is 18.2. The number of ether oxygens (including phenoxy) is 1. The molecule has 3 aromatic rings. The lowest BCUT2D eigenvalue weighted by Gasteiger charge is -2.19. The number of amides is 1. The molecule has 0 aliphatic rings. The van der Waals surface area contributed by atoms with Gasteiger partial charge in [-0.3, -0.25) is 4.79 Å². The first-order chi connectivity index (χ1) is 12.7. The van der Waals surface area contributed by atoms with Crippen LogP contribution >= 0.6 is 11.3 Å². The number of furan rings is 1. The van der Waals surface area contributed by atoms with Crippen molar-refractivity contribution in [2.45, 2.75) is 20.0 Å². The number of hydrogen-bond acceptors (Lipinski definition) is 4. The molecule has 3 rings (SSSR count). The SMILES string of the molecule is CCOc1ccc(/C=C/C(=O)N(Cc2ccco2)Cc2cccs2)cc1. The molecule has 0 aliphatic heterocycles. The average molecular weight is 367 g/mol. The van der Waals surface area contributed by atoms with Crippen molar-refractivity contribution in [3.63, 3.8) is 0 Å². The molecule has 0 saturated carbocycles. The number of carbonyl (C=O) groups excluding carboxylic acids is 1. The van der Waals surface area contributed by atoms with Crippen LogP contribution in [0.25, 0.3) is 6.08 Å². The number of nitrogens with zero attached hydrogens (tertiary/aromatic N) is 1. The van der Waals surface area contributed by atoms with Gasteiger partial charge in [0.15, 0.2) is 0 Å². The third-order valence-corrected chi connectivity index (χ3v) is 4.64. The lowest BCUT2D eigenvalue weighted by atomic mass is 10.2. The summed E-state index contributed by atoms with van der Waals surface area (Å²) in [6.07, 6.45) is 5.05. The van der Waals surface area contributed by atoms with Crippen LogP contribution in [0.5, 0.6) is 5.75 Å². The van der Waals surface area contributed by atoms with E-state index in [1.807, 2.05) is 66.9 Å². The van der Waals surface area contributed by atoms with E-state index in [0.717, 1.165) is 22.0 Å². The average Bonchev–Trinajstić information content (AvgIpc) is 3.35. The van der Waals surface area contributed by atoms with E-state index >= 15 is 0 Å². The fraction of sp³-hybridized carbons (Fsp3) is 0.190. The van der Waals surface area contributed by atoms with Gasteiger partial charge in [0, 0.05) is 11.0 Å². The number of benzene rings is 1. The van der Waals surface area contributed by atoms with Crippen LogP contribution in [0.15, 0.2) is 70.7 Å². The Morgan fingerprint density at radius 2 is 2.00 bits per heavy atom. The van der Waals surface area contributed by atoms with Crippen molar-refractivity contribution in [2.75, 3.05) is 6.61 Å². The van der Waals surface area contributed by atoms with Gasteiger partial charge in [-0.2, -0.15) is 0 Å². The highest BCUT2D eigenvalue weighted by Crippen LogP contribution is 2.17. The van der Waals surface area contributed by atoms with Crippen molar-refractivity contribution in [3.8, 4) is 5.75 Å². The van der Waals surface area contributed by atoms with E-state index in [1.165, 1.54) is 0 Å². The molecule has 0 atom stereocenters. The van der Waals surface area contributed by atoms with Crippen LogP contribution in [-0.4, -0.2) is 17.4 Å². The van der Waals surface area contributed by atoms with Crippen molar-refractivity contribution in [3.05, 3.63) is 82.5 Å². The van der Waals surface area contributed by atoms with Gasteiger partial charge in [-0.1, -0.05) is 18.2 Å². The topological polar surface area (TPSA) is 42.7 Å². The second-order valence-electron chi connectivity index (χ2n) is 5.69. The number of carbonyl (C=O) groups is 1. The third kappa shape index (κ3) is 5.10. The first-order valence-corrected chi connectivity index (χ1v) is 9.37. The molecule has 134 valence electrons. The van der Waals surface area contributed by atoms with Gasteiger partial charge in [-0.05, 0) is 54.3 Å². The molecule has 0 saturated heterocycles. The van der Waals surface area contributed by atoms with E-state index in [1.54, 1.807) is 28.6 Å². The fourth-order valence-corrected chi connectivity index (χ4v) is 3.23. The molecule has 0 N–H and O–H groups in total. The summed E-state index contributed by atoms with van der Waals surface area (Å²) in [6, 6.07) is 15.4. The Morgan fingerprint density at radius 1 is 1.15 bits per heavy atom. The molecular formula is C21H21NO3S. The molecule has 0 radical (unpaired) electrons. The highest BCUT2D eigenvalue weighted by molar-refractivity contribution is 7.09. The lowest BCUT2D eigenvalue weighted by Crippen LogP contribution is -2.27. The second-order valence-corrected chi connectivity index (χ2v) is 6.72. The summed E-state index contributed by atoms with van der Waals surface area (Å²) in [5.41, 5.74) is 0.955. The lowest BCUT2D eigenvalue weighted by molar-refractivity contribution is -0.127. The third-order valence-electron chi connectivity index (χ3n) is 3.77. The maximum atomic E-state index is 12.7. The molecule has 0 fully saturated rings. The predicted molar refractivity (Wildman–Crippen MR) is 104 cm³/mol. The van der Waals surface area contributed by atoms with E-state index in [2.05, 4.69) is 0 Å². The molecule has 4 nitrogen and oxygen atoms in total. The molecule has 0 aliphatic carbocycles. The molecule has 2 aromatic heterocycles. The molecule has 0 unspecified atom stereocenters. The summed E-state index contributed by atoms with van der Waals surface area (Å²) in [7, 11) is 0. The van der Waals surface area contributed by atoms with Crippen LogP contribution in [0.3, 0.4) is 0 Å². The molecule has 0 spiro atoms. The van der Waals surface area contributed by atoms with E-state index in [0.29, 0.717) is 19.7 Å². The monoisotopic (exact) mass is 367 g/mol. The Hall–Kier alpha value is -2.79. The highest BCUT2D eigenvalue weighted by atomic mass is 32.1. The maximum Gasteiger partial charge on any atom is 0.247 e. The van der Waals surface area contributed by atoms with Crippen molar-refractivity contribution in [2.24, 2.45) is 0 Å². The molecule has 2 heterocycles. The van der Waals surface area contributed by atoms with Crippen LogP contribution in [0.1, 0.15) is 23.1 Å². The summed E-state index contributed by atoms with van der Waals surface area (Å²) in [6.45, 7) is 3.59. The summed E-state index contributed by atoms with van der Waals surface area (Å²) in [4.78, 5) is 15.6. The zero-order valence-corrected chi connectivity index (χ0v) is 15.4. The van der Waals surface area contributed by atoms with Gasteiger partial charge >= 0.3 is 0 Å². The van der Waals surface area contributed by atoms with Crippen molar-refractivity contribution in [1.29, 1.82) is 0 Å². The number of hydrogen-bond donors (Lipinski definition) is 0. The smallest absolute Gasteiger partial charge is 0.247 e. The standard InChI is InChI=1S/C21H21NO3S/c1-2-24-18-10-7-17(8-11-18)9-12-21(23)22(15-19-5-3-13-25-19)16-20-6-4-14-26-20/h3-14H,2,15-16H2,1H3/b12-9+. The van der Waals surface area contributed by atoms with Gasteiger partial charge in [-0.25, -0.2) is 0 Å². The molecular weight excluding hydrogens is 346 g/mol. The Morgan fingerprint density at radius 3 is 2.65 bits per heavy atom. The molecule has 1 amide bonds. The van der Waals surface area contributed by atoms with Gasteiger partial charge in [0.05, 0.1) is 26.0 Å². The Labute approximate surface area is 157 Å². The first kappa shape index (κ1) is 18.0. The highest BCUT2D eigenvalue weighted by Gasteiger charge is 2.14. The normalized spacial score (nSPS) is 11.0. The molecule has 26 heavy (non-hydrogen) atoms. The van der Waals surface area contributed by atoms with Crippen LogP contribution in [0.2, 0.25) is 0 Å². The zero-order valence-electron chi connectivity index (χ0n) is 14.6. The number of rotatable bonds is 8. The largest absolute Gasteiger partial charge is 0.494 e. The summed E-state index contributed by atoms with van der Waals surface area (Å²) >= 11 is 1.64. The summed E-state index contributed by atoms with van der Waals surface area (Å²) in [5, 5.41) is 2.01. The Kier molecular flexibility index (Phi) is 6.28. The van der Waals surface area contributed by atoms with Crippen molar-refractivity contribution in [1.82, 2.24) is 4.90 Å². The van der Waals surface area contributed by atoms with Gasteiger partial charge in [0.25, 0.3) is 0 Å².